The minimum absolute atomic E-state index is 0.0298. The van der Waals surface area contributed by atoms with E-state index in [2.05, 4.69) is 31.6 Å². The van der Waals surface area contributed by atoms with Crippen molar-refractivity contribution < 1.29 is 44.1 Å². The zero-order chi connectivity index (χ0) is 34.3. The molecule has 250 valence electrons. The Balaban J connectivity index is 2.59. The van der Waals surface area contributed by atoms with Gasteiger partial charge in [0.2, 0.25) is 29.5 Å². The van der Waals surface area contributed by atoms with Gasteiger partial charge >= 0.3 is 5.97 Å². The number of carboxylic acid groups (broad SMARTS) is 1. The molecule has 18 heteroatoms. The minimum Gasteiger partial charge on any atom is -0.508 e. The highest BCUT2D eigenvalue weighted by Crippen LogP contribution is 2.11. The Kier molecular flexibility index (Phi) is 15.8. The van der Waals surface area contributed by atoms with Gasteiger partial charge in [0.1, 0.15) is 36.0 Å². The lowest BCUT2D eigenvalue weighted by atomic mass is 10.1. The van der Waals surface area contributed by atoms with Crippen molar-refractivity contribution in [1.29, 1.82) is 0 Å². The number of carboxylic acids is 1. The van der Waals surface area contributed by atoms with Crippen LogP contribution in [0.3, 0.4) is 0 Å². The van der Waals surface area contributed by atoms with E-state index in [9.17, 15) is 44.1 Å². The van der Waals surface area contributed by atoms with E-state index in [4.69, 9.17) is 17.2 Å². The number of hydrogen-bond donors (Lipinski definition) is 11. The van der Waals surface area contributed by atoms with Crippen LogP contribution in [0.25, 0.3) is 0 Å². The fraction of sp³-hybridized carbons (Fsp3) is 0.519. The molecule has 0 saturated heterocycles. The van der Waals surface area contributed by atoms with Gasteiger partial charge in [0, 0.05) is 6.54 Å². The number of guanidine groups is 1. The van der Waals surface area contributed by atoms with Crippen LogP contribution >= 0.6 is 0 Å². The van der Waals surface area contributed by atoms with Gasteiger partial charge in [-0.05, 0) is 57.7 Å². The summed E-state index contributed by atoms with van der Waals surface area (Å²) in [5, 5.41) is 40.0. The quantitative estimate of drug-likeness (QED) is 0.0415. The van der Waals surface area contributed by atoms with E-state index in [1.165, 1.54) is 32.9 Å². The van der Waals surface area contributed by atoms with Gasteiger partial charge < -0.3 is 59.1 Å². The van der Waals surface area contributed by atoms with Crippen LogP contribution in [0.4, 0.5) is 0 Å². The highest BCUT2D eigenvalue weighted by molar-refractivity contribution is 5.96. The number of nitrogens with zero attached hydrogens (tertiary/aromatic N) is 1. The molecule has 6 atom stereocenters. The van der Waals surface area contributed by atoms with Crippen molar-refractivity contribution >= 4 is 41.5 Å². The monoisotopic (exact) mass is 637 g/mol. The fourth-order valence-electron chi connectivity index (χ4n) is 3.70. The van der Waals surface area contributed by atoms with Gasteiger partial charge in [-0.3, -0.25) is 29.0 Å². The summed E-state index contributed by atoms with van der Waals surface area (Å²) in [4.78, 5) is 77.9. The minimum atomic E-state index is -1.43. The van der Waals surface area contributed by atoms with Crippen molar-refractivity contribution in [3.8, 4) is 5.75 Å². The third-order valence-corrected chi connectivity index (χ3v) is 6.36. The topological polar surface area (TPSA) is 314 Å². The Bertz CT molecular complexity index is 1220. The molecule has 5 amide bonds. The smallest absolute Gasteiger partial charge is 0.326 e. The second-order valence-electron chi connectivity index (χ2n) is 10.3. The molecule has 45 heavy (non-hydrogen) atoms. The highest BCUT2D eigenvalue weighted by Gasteiger charge is 2.29. The Morgan fingerprint density at radius 3 is 1.69 bits per heavy atom. The average molecular weight is 638 g/mol. The molecule has 0 radical (unpaired) electrons. The molecule has 1 rings (SSSR count). The number of carbonyl (C=O) groups excluding carboxylic acids is 5. The van der Waals surface area contributed by atoms with Crippen LogP contribution in [0.15, 0.2) is 29.3 Å². The van der Waals surface area contributed by atoms with Crippen LogP contribution < -0.4 is 43.8 Å². The lowest BCUT2D eigenvalue weighted by Crippen LogP contribution is -2.58. The van der Waals surface area contributed by atoms with E-state index >= 15 is 0 Å². The number of phenolic OH excluding ortho intramolecular Hbond substituents is 1. The molecular weight excluding hydrogens is 594 g/mol. The number of rotatable bonds is 18. The molecule has 1 aromatic carbocycles. The van der Waals surface area contributed by atoms with E-state index < -0.39 is 78.4 Å². The van der Waals surface area contributed by atoms with Crippen LogP contribution in [-0.2, 0) is 35.2 Å². The van der Waals surface area contributed by atoms with Crippen LogP contribution in [0.1, 0.15) is 39.2 Å². The number of aliphatic imine (C=N–C) groups is 1. The predicted octanol–water partition coefficient (Wildman–Crippen LogP) is -4.12. The number of aliphatic carboxylic acids is 1. The number of benzene rings is 1. The van der Waals surface area contributed by atoms with Gasteiger partial charge in [0.25, 0.3) is 0 Å². The molecule has 0 aromatic heterocycles. The number of hydrogen-bond acceptors (Lipinski definition) is 10. The van der Waals surface area contributed by atoms with Gasteiger partial charge in [0.05, 0.1) is 12.6 Å². The summed E-state index contributed by atoms with van der Waals surface area (Å²) in [5.41, 5.74) is 17.0. The maximum Gasteiger partial charge on any atom is 0.326 e. The van der Waals surface area contributed by atoms with Crippen LogP contribution in [-0.4, -0.2) is 106 Å². The first kappa shape index (κ1) is 38.1. The molecule has 0 aliphatic heterocycles. The van der Waals surface area contributed by atoms with E-state index in [1.54, 1.807) is 12.1 Å². The Morgan fingerprint density at radius 1 is 0.756 bits per heavy atom. The van der Waals surface area contributed by atoms with Crippen LogP contribution in [0.5, 0.6) is 5.75 Å². The molecule has 0 fully saturated rings. The van der Waals surface area contributed by atoms with Gasteiger partial charge in [-0.1, -0.05) is 12.1 Å². The standard InChI is InChI=1S/C27H43N9O9/c1-13(21(39)33-15(3)23(41)35-19(26(44)45)5-4-10-31-27(29)30)32-22(40)14(2)34-25(43)20(12-37)36-24(42)18(28)11-16-6-8-17(38)9-7-16/h6-9,13-15,18-20,37-38H,4-5,10-12,28H2,1-3H3,(H,32,40)(H,33,39)(H,34,43)(H,35,41)(H,36,42)(H,44,45)(H4,29,30,31)/t13-,14-,15-,18-,19-,20-/m0/s1. The molecule has 0 aliphatic carbocycles. The predicted molar refractivity (Wildman–Crippen MR) is 161 cm³/mol. The van der Waals surface area contributed by atoms with Gasteiger partial charge in [-0.15, -0.1) is 0 Å². The third kappa shape index (κ3) is 13.9. The molecule has 1 aromatic rings. The summed E-state index contributed by atoms with van der Waals surface area (Å²) in [6.07, 6.45) is 0.390. The van der Waals surface area contributed by atoms with Gasteiger partial charge in [-0.2, -0.15) is 0 Å². The molecule has 0 saturated carbocycles. The van der Waals surface area contributed by atoms with E-state index in [0.717, 1.165) is 0 Å². The maximum absolute atomic E-state index is 12.6. The summed E-state index contributed by atoms with van der Waals surface area (Å²) >= 11 is 0. The molecule has 0 spiro atoms. The molecule has 0 aliphatic rings. The van der Waals surface area contributed by atoms with Gasteiger partial charge in [-0.25, -0.2) is 4.79 Å². The first-order valence-corrected chi connectivity index (χ1v) is 14.0. The summed E-state index contributed by atoms with van der Waals surface area (Å²) in [7, 11) is 0. The van der Waals surface area contributed by atoms with Crippen molar-refractivity contribution in [2.45, 2.75) is 76.3 Å². The van der Waals surface area contributed by atoms with Gasteiger partial charge in [0.15, 0.2) is 5.96 Å². The lowest BCUT2D eigenvalue weighted by Gasteiger charge is -2.23. The Morgan fingerprint density at radius 2 is 1.22 bits per heavy atom. The van der Waals surface area contributed by atoms with E-state index in [1.807, 2.05) is 0 Å². The first-order valence-electron chi connectivity index (χ1n) is 14.0. The largest absolute Gasteiger partial charge is 0.508 e. The number of aliphatic hydroxyl groups excluding tert-OH is 1. The highest BCUT2D eigenvalue weighted by atomic mass is 16.4. The second-order valence-corrected chi connectivity index (χ2v) is 10.3. The second kappa shape index (κ2) is 18.6. The summed E-state index contributed by atoms with van der Waals surface area (Å²) in [5.74, 6) is -5.37. The Hall–Kier alpha value is -4.97. The molecule has 14 N–H and O–H groups in total. The summed E-state index contributed by atoms with van der Waals surface area (Å²) < 4.78 is 0. The zero-order valence-electron chi connectivity index (χ0n) is 25.3. The average Bonchev–Trinajstić information content (AvgIpc) is 2.97. The molecule has 0 bridgehead atoms. The van der Waals surface area contributed by atoms with Crippen molar-refractivity contribution in [1.82, 2.24) is 26.6 Å². The number of aromatic hydroxyl groups is 1. The maximum atomic E-state index is 12.6. The first-order chi connectivity index (χ1) is 21.0. The summed E-state index contributed by atoms with van der Waals surface area (Å²) in [6, 6.07) is -1.30. The zero-order valence-corrected chi connectivity index (χ0v) is 25.3. The normalized spacial score (nSPS) is 14.7. The number of amides is 5. The lowest BCUT2D eigenvalue weighted by molar-refractivity contribution is -0.142. The number of nitrogens with two attached hydrogens (primary N) is 3. The molecule has 0 heterocycles. The third-order valence-electron chi connectivity index (χ3n) is 6.36. The number of nitrogens with one attached hydrogen (secondary N) is 5. The van der Waals surface area contributed by atoms with E-state index in [0.29, 0.717) is 5.56 Å². The summed E-state index contributed by atoms with van der Waals surface area (Å²) in [6.45, 7) is 3.32. The van der Waals surface area contributed by atoms with Crippen molar-refractivity contribution in [2.75, 3.05) is 13.2 Å². The van der Waals surface area contributed by atoms with Crippen molar-refractivity contribution in [3.63, 3.8) is 0 Å². The molecule has 0 unspecified atom stereocenters. The molecular formula is C27H43N9O9. The van der Waals surface area contributed by atoms with Crippen LogP contribution in [0.2, 0.25) is 0 Å². The SMILES string of the molecule is C[C@H](NC(=O)[C@H](C)NC(=O)[C@H](CO)NC(=O)[C@@H](N)Cc1ccc(O)cc1)C(=O)N[C@@H](C)C(=O)N[C@@H](CCCN=C(N)N)C(=O)O. The Labute approximate surface area is 259 Å². The molecule has 18 nitrogen and oxygen atoms in total. The number of aliphatic hydroxyl groups is 1. The van der Waals surface area contributed by atoms with Crippen molar-refractivity contribution in [3.05, 3.63) is 29.8 Å². The number of phenols is 1. The van der Waals surface area contributed by atoms with E-state index in [-0.39, 0.29) is 37.5 Å². The van der Waals surface area contributed by atoms with Crippen LogP contribution in [0, 0.1) is 0 Å². The number of carbonyl (C=O) groups is 6. The van der Waals surface area contributed by atoms with Crippen molar-refractivity contribution in [2.24, 2.45) is 22.2 Å². The fourth-order valence-corrected chi connectivity index (χ4v) is 3.70.